The number of β-amino-alcohol motifs (C(OH)–C–C–N with tert-alkyl or cyclic N) is 1. The lowest BCUT2D eigenvalue weighted by molar-refractivity contribution is 0.0533. The first-order chi connectivity index (χ1) is 7.72. The minimum Gasteiger partial charge on any atom is -0.390 e. The third-order valence-corrected chi connectivity index (χ3v) is 4.00. The Balaban J connectivity index is 2.04. The van der Waals surface area contributed by atoms with Crippen LogP contribution in [0.5, 0.6) is 0 Å². The number of nitrogens with one attached hydrogen (secondary N) is 1. The Morgan fingerprint density at radius 3 is 2.75 bits per heavy atom. The predicted molar refractivity (Wildman–Crippen MR) is 65.6 cm³/mol. The maximum absolute atomic E-state index is 9.99. The van der Waals surface area contributed by atoms with Gasteiger partial charge in [0.25, 0.3) is 0 Å². The molecule has 0 radical (unpaired) electrons. The summed E-state index contributed by atoms with van der Waals surface area (Å²) in [6, 6.07) is 0.934. The molecule has 3 atom stereocenters. The highest BCUT2D eigenvalue weighted by molar-refractivity contribution is 4.93. The third-order valence-electron chi connectivity index (χ3n) is 4.00. The van der Waals surface area contributed by atoms with Crippen molar-refractivity contribution in [3.05, 3.63) is 0 Å². The molecule has 0 aromatic rings. The van der Waals surface area contributed by atoms with E-state index >= 15 is 0 Å². The van der Waals surface area contributed by atoms with Crippen molar-refractivity contribution < 1.29 is 5.11 Å². The summed E-state index contributed by atoms with van der Waals surface area (Å²) in [4.78, 5) is 4.96. The van der Waals surface area contributed by atoms with Gasteiger partial charge in [-0.25, -0.2) is 0 Å². The Hall–Kier alpha value is -0.160. The summed E-state index contributed by atoms with van der Waals surface area (Å²) < 4.78 is 0. The zero-order chi connectivity index (χ0) is 11.5. The highest BCUT2D eigenvalue weighted by Crippen LogP contribution is 2.19. The van der Waals surface area contributed by atoms with Gasteiger partial charge in [0.2, 0.25) is 0 Å². The summed E-state index contributed by atoms with van der Waals surface area (Å²) in [6.07, 6.45) is 2.21. The third kappa shape index (κ3) is 2.56. The average molecular weight is 227 g/mol. The molecule has 2 saturated heterocycles. The van der Waals surface area contributed by atoms with Gasteiger partial charge in [0, 0.05) is 38.3 Å². The van der Waals surface area contributed by atoms with E-state index in [0.717, 1.165) is 26.2 Å². The van der Waals surface area contributed by atoms with E-state index in [1.807, 2.05) is 0 Å². The van der Waals surface area contributed by atoms with E-state index in [9.17, 15) is 5.11 Å². The number of hydrogen-bond donors (Lipinski definition) is 2. The molecule has 0 spiro atoms. The van der Waals surface area contributed by atoms with Gasteiger partial charge >= 0.3 is 0 Å². The molecule has 2 fully saturated rings. The van der Waals surface area contributed by atoms with Gasteiger partial charge in [-0.2, -0.15) is 0 Å². The first-order valence-corrected chi connectivity index (χ1v) is 6.55. The molecular weight excluding hydrogens is 202 g/mol. The average Bonchev–Trinajstić information content (AvgIpc) is 2.58. The summed E-state index contributed by atoms with van der Waals surface area (Å²) in [5, 5.41) is 13.3. The topological polar surface area (TPSA) is 38.7 Å². The fourth-order valence-electron chi connectivity index (χ4n) is 3.05. The lowest BCUT2D eigenvalue weighted by atomic mass is 10.1. The van der Waals surface area contributed by atoms with Gasteiger partial charge in [-0.1, -0.05) is 6.92 Å². The molecule has 0 aromatic heterocycles. The molecule has 2 N–H and O–H groups in total. The van der Waals surface area contributed by atoms with Crippen molar-refractivity contribution in [2.45, 2.75) is 38.0 Å². The lowest BCUT2D eigenvalue weighted by Gasteiger charge is -2.36. The molecule has 0 aliphatic carbocycles. The molecule has 2 aliphatic heterocycles. The van der Waals surface area contributed by atoms with Gasteiger partial charge < -0.3 is 15.3 Å². The normalized spacial score (nSPS) is 38.8. The van der Waals surface area contributed by atoms with E-state index in [-0.39, 0.29) is 6.10 Å². The molecule has 16 heavy (non-hydrogen) atoms. The molecule has 2 heterocycles. The zero-order valence-corrected chi connectivity index (χ0v) is 10.5. The highest BCUT2D eigenvalue weighted by atomic mass is 16.3. The van der Waals surface area contributed by atoms with Crippen LogP contribution in [-0.2, 0) is 0 Å². The first-order valence-electron chi connectivity index (χ1n) is 6.55. The van der Waals surface area contributed by atoms with Crippen molar-refractivity contribution >= 4 is 0 Å². The summed E-state index contributed by atoms with van der Waals surface area (Å²) in [7, 11) is 2.20. The summed E-state index contributed by atoms with van der Waals surface area (Å²) >= 11 is 0. The van der Waals surface area contributed by atoms with Crippen molar-refractivity contribution in [2.75, 3.05) is 39.8 Å². The van der Waals surface area contributed by atoms with Gasteiger partial charge in [0.05, 0.1) is 6.10 Å². The standard InChI is InChI=1S/C12H25N3O/c1-3-10-9-14(2)5-4-6-15(10)11-7-13-8-12(11)16/h10-13,16H,3-9H2,1-2H3. The second-order valence-electron chi connectivity index (χ2n) is 5.21. The van der Waals surface area contributed by atoms with E-state index in [1.165, 1.54) is 19.4 Å². The zero-order valence-electron chi connectivity index (χ0n) is 10.5. The van der Waals surface area contributed by atoms with E-state index in [2.05, 4.69) is 29.1 Å². The van der Waals surface area contributed by atoms with Gasteiger partial charge in [0.15, 0.2) is 0 Å². The van der Waals surface area contributed by atoms with E-state index in [1.54, 1.807) is 0 Å². The van der Waals surface area contributed by atoms with Crippen molar-refractivity contribution in [3.63, 3.8) is 0 Å². The Bertz CT molecular complexity index is 224. The quantitative estimate of drug-likeness (QED) is 0.681. The van der Waals surface area contributed by atoms with Crippen LogP contribution in [-0.4, -0.2) is 72.9 Å². The van der Waals surface area contributed by atoms with Gasteiger partial charge in [-0.3, -0.25) is 4.90 Å². The Kier molecular flexibility index (Phi) is 4.19. The first kappa shape index (κ1) is 12.3. The van der Waals surface area contributed by atoms with Crippen molar-refractivity contribution in [1.29, 1.82) is 0 Å². The van der Waals surface area contributed by atoms with Crippen LogP contribution >= 0.6 is 0 Å². The SMILES string of the molecule is CCC1CN(C)CCCN1C1CNCC1O. The molecule has 2 aliphatic rings. The Morgan fingerprint density at radius 1 is 1.31 bits per heavy atom. The molecular formula is C12H25N3O. The Morgan fingerprint density at radius 2 is 2.12 bits per heavy atom. The van der Waals surface area contributed by atoms with E-state index in [4.69, 9.17) is 0 Å². The molecule has 94 valence electrons. The van der Waals surface area contributed by atoms with Gasteiger partial charge in [-0.05, 0) is 26.4 Å². The molecule has 0 aromatic carbocycles. The van der Waals surface area contributed by atoms with Crippen LogP contribution in [0, 0.1) is 0 Å². The molecule has 4 heteroatoms. The molecule has 2 rings (SSSR count). The largest absolute Gasteiger partial charge is 0.390 e. The second kappa shape index (κ2) is 5.45. The lowest BCUT2D eigenvalue weighted by Crippen LogP contribution is -2.50. The number of aliphatic hydroxyl groups excluding tert-OH is 1. The maximum atomic E-state index is 9.99. The van der Waals surface area contributed by atoms with Crippen LogP contribution in [0.15, 0.2) is 0 Å². The van der Waals surface area contributed by atoms with Crippen LogP contribution in [0.4, 0.5) is 0 Å². The number of nitrogens with zero attached hydrogens (tertiary/aromatic N) is 2. The van der Waals surface area contributed by atoms with Gasteiger partial charge in [-0.15, -0.1) is 0 Å². The summed E-state index contributed by atoms with van der Waals surface area (Å²) in [5.74, 6) is 0. The van der Waals surface area contributed by atoms with Crippen LogP contribution in [0.3, 0.4) is 0 Å². The maximum Gasteiger partial charge on any atom is 0.0831 e. The molecule has 0 saturated carbocycles. The van der Waals surface area contributed by atoms with Crippen molar-refractivity contribution in [2.24, 2.45) is 0 Å². The molecule has 4 nitrogen and oxygen atoms in total. The number of likely N-dealkylation sites (N-methyl/N-ethyl adjacent to an activating group) is 1. The van der Waals surface area contributed by atoms with E-state index in [0.29, 0.717) is 12.1 Å². The number of hydrogen-bond acceptors (Lipinski definition) is 4. The summed E-state index contributed by atoms with van der Waals surface area (Å²) in [5.41, 5.74) is 0. The number of aliphatic hydroxyl groups is 1. The molecule has 3 unspecified atom stereocenters. The van der Waals surface area contributed by atoms with Crippen LogP contribution < -0.4 is 5.32 Å². The molecule has 0 bridgehead atoms. The van der Waals surface area contributed by atoms with Crippen molar-refractivity contribution in [3.8, 4) is 0 Å². The fraction of sp³-hybridized carbons (Fsp3) is 1.00. The van der Waals surface area contributed by atoms with Crippen LogP contribution in [0.25, 0.3) is 0 Å². The van der Waals surface area contributed by atoms with Crippen LogP contribution in [0.1, 0.15) is 19.8 Å². The van der Waals surface area contributed by atoms with Gasteiger partial charge in [0.1, 0.15) is 0 Å². The highest BCUT2D eigenvalue weighted by Gasteiger charge is 2.35. The summed E-state index contributed by atoms with van der Waals surface area (Å²) in [6.45, 7) is 7.41. The minimum absolute atomic E-state index is 0.183. The molecule has 0 amide bonds. The number of rotatable bonds is 2. The van der Waals surface area contributed by atoms with E-state index < -0.39 is 0 Å². The Labute approximate surface area is 98.6 Å². The minimum atomic E-state index is -0.183. The monoisotopic (exact) mass is 227 g/mol. The fourth-order valence-corrected chi connectivity index (χ4v) is 3.05. The van der Waals surface area contributed by atoms with Crippen molar-refractivity contribution in [1.82, 2.24) is 15.1 Å². The predicted octanol–water partition coefficient (Wildman–Crippen LogP) is -0.265. The van der Waals surface area contributed by atoms with Crippen LogP contribution in [0.2, 0.25) is 0 Å². The second-order valence-corrected chi connectivity index (χ2v) is 5.21. The smallest absolute Gasteiger partial charge is 0.0831 e.